The van der Waals surface area contributed by atoms with Gasteiger partial charge in [0.1, 0.15) is 6.61 Å². The number of fused-ring (bicyclic) bond motifs is 2. The molecule has 2 heterocycles. The van der Waals surface area contributed by atoms with Gasteiger partial charge in [-0.2, -0.15) is 0 Å². The Kier molecular flexibility index (Phi) is 12.0. The highest BCUT2D eigenvalue weighted by atomic mass is 35.5. The molecule has 0 N–H and O–H groups in total. The van der Waals surface area contributed by atoms with Gasteiger partial charge in [0.05, 0.1) is 53.8 Å². The van der Waals surface area contributed by atoms with Gasteiger partial charge < -0.3 is 28.4 Å². The van der Waals surface area contributed by atoms with E-state index in [2.05, 4.69) is 29.3 Å². The van der Waals surface area contributed by atoms with E-state index in [0.29, 0.717) is 67.4 Å². The zero-order chi connectivity index (χ0) is 38.4. The molecule has 0 unspecified atom stereocenters. The van der Waals surface area contributed by atoms with E-state index >= 15 is 0 Å². The number of carbonyl (C=O) groups is 2. The van der Waals surface area contributed by atoms with Crippen LogP contribution in [0.3, 0.4) is 0 Å². The maximum Gasteiger partial charge on any atom is 0.343 e. The number of allylic oxidation sites excluding steroid dienone is 1. The number of thiazole rings is 1. The van der Waals surface area contributed by atoms with E-state index in [4.69, 9.17) is 40.0 Å². The number of ether oxygens (including phenoxy) is 6. The molecular weight excluding hydrogens is 732 g/mol. The van der Waals surface area contributed by atoms with Crippen LogP contribution in [-0.2, 0) is 25.7 Å². The zero-order valence-electron chi connectivity index (χ0n) is 30.5. The Morgan fingerprint density at radius 3 is 2.37 bits per heavy atom. The molecule has 5 aromatic rings. The lowest BCUT2D eigenvalue weighted by Gasteiger charge is -2.25. The largest absolute Gasteiger partial charge is 0.490 e. The van der Waals surface area contributed by atoms with Gasteiger partial charge in [-0.15, -0.1) is 0 Å². The molecule has 6 rings (SSSR count). The predicted octanol–water partition coefficient (Wildman–Crippen LogP) is 6.53. The van der Waals surface area contributed by atoms with Crippen molar-refractivity contribution >= 4 is 51.7 Å². The Bertz CT molecular complexity index is 2440. The maximum atomic E-state index is 14.3. The molecule has 4 aromatic carbocycles. The first kappa shape index (κ1) is 38.1. The summed E-state index contributed by atoms with van der Waals surface area (Å²) in [6.07, 6.45) is 1.71. The second-order valence-electron chi connectivity index (χ2n) is 12.0. The second-order valence-corrected chi connectivity index (χ2v) is 13.5. The van der Waals surface area contributed by atoms with Crippen molar-refractivity contribution in [2.75, 3.05) is 33.5 Å². The first-order chi connectivity index (χ1) is 26.1. The van der Waals surface area contributed by atoms with Gasteiger partial charge in [-0.25, -0.2) is 14.6 Å². The van der Waals surface area contributed by atoms with Gasteiger partial charge >= 0.3 is 11.9 Å². The zero-order valence-corrected chi connectivity index (χ0v) is 32.0. The molecule has 1 aromatic heterocycles. The van der Waals surface area contributed by atoms with Crippen LogP contribution in [0.4, 0.5) is 0 Å². The van der Waals surface area contributed by atoms with E-state index in [-0.39, 0.29) is 31.0 Å². The molecule has 0 amide bonds. The Morgan fingerprint density at radius 1 is 0.870 bits per heavy atom. The standard InChI is InChI=1S/C41H39ClN2O9S/c1-6-49-32-21-29(15-16-31(32)52-23-35(45)48-5)37-36(40(47)51-8-3)24(4)43-41-44(37)39(46)34(54-41)20-26-18-30(42)38(33(19-26)50-7-2)53-22-25-13-14-27-11-9-10-12-28(27)17-25/h9-21,37H,6-8,22-23H2,1-5H3/b34-20-/t37-/m1/s1. The van der Waals surface area contributed by atoms with Crippen LogP contribution in [0, 0.1) is 0 Å². The Hall–Kier alpha value is -5.59. The number of benzene rings is 4. The number of hydrogen-bond acceptors (Lipinski definition) is 11. The SMILES string of the molecule is CCOC(=O)C1=C(C)N=c2s/c(=C\c3cc(Cl)c(OCc4ccc5ccccc5c4)c(OCC)c3)c(=O)n2[C@@H]1c1ccc(OCC(=O)OC)c(OCC)c1. The summed E-state index contributed by atoms with van der Waals surface area (Å²) in [4.78, 5) is 44.7. The highest BCUT2D eigenvalue weighted by Gasteiger charge is 2.34. The van der Waals surface area contributed by atoms with Gasteiger partial charge in [-0.05, 0) is 91.6 Å². The maximum absolute atomic E-state index is 14.3. The molecule has 0 bridgehead atoms. The fourth-order valence-electron chi connectivity index (χ4n) is 6.09. The van der Waals surface area contributed by atoms with Crippen molar-refractivity contribution in [1.82, 2.24) is 4.57 Å². The third-order valence-electron chi connectivity index (χ3n) is 8.50. The fourth-order valence-corrected chi connectivity index (χ4v) is 7.41. The molecule has 0 saturated carbocycles. The minimum Gasteiger partial charge on any atom is -0.490 e. The van der Waals surface area contributed by atoms with Crippen LogP contribution in [0.2, 0.25) is 5.02 Å². The molecule has 0 spiro atoms. The summed E-state index contributed by atoms with van der Waals surface area (Å²) in [5.41, 5.74) is 2.36. The van der Waals surface area contributed by atoms with E-state index in [1.54, 1.807) is 57.2 Å². The van der Waals surface area contributed by atoms with Crippen molar-refractivity contribution < 1.29 is 38.0 Å². The van der Waals surface area contributed by atoms with Crippen LogP contribution in [0.15, 0.2) is 93.9 Å². The quantitative estimate of drug-likeness (QED) is 0.116. The van der Waals surface area contributed by atoms with Crippen LogP contribution >= 0.6 is 22.9 Å². The summed E-state index contributed by atoms with van der Waals surface area (Å²) < 4.78 is 35.7. The van der Waals surface area contributed by atoms with Gasteiger partial charge in [0.2, 0.25) is 0 Å². The van der Waals surface area contributed by atoms with E-state index in [1.807, 2.05) is 25.1 Å². The first-order valence-electron chi connectivity index (χ1n) is 17.4. The van der Waals surface area contributed by atoms with E-state index in [9.17, 15) is 14.4 Å². The molecule has 0 radical (unpaired) electrons. The normalized spacial score (nSPS) is 14.0. The topological polar surface area (TPSA) is 124 Å². The molecule has 1 aliphatic rings. The van der Waals surface area contributed by atoms with Crippen LogP contribution in [-0.4, -0.2) is 50.0 Å². The Morgan fingerprint density at radius 2 is 1.63 bits per heavy atom. The average molecular weight is 771 g/mol. The summed E-state index contributed by atoms with van der Waals surface area (Å²) >= 11 is 7.99. The van der Waals surface area contributed by atoms with Crippen LogP contribution < -0.4 is 33.8 Å². The molecule has 11 nitrogen and oxygen atoms in total. The number of hydrogen-bond donors (Lipinski definition) is 0. The number of carbonyl (C=O) groups excluding carboxylic acids is 2. The summed E-state index contributed by atoms with van der Waals surface area (Å²) in [7, 11) is 1.27. The van der Waals surface area contributed by atoms with Crippen molar-refractivity contribution in [3.63, 3.8) is 0 Å². The summed E-state index contributed by atoms with van der Waals surface area (Å²) in [5.74, 6) is 0.276. The molecule has 280 valence electrons. The molecular formula is C41H39ClN2O9S. The molecule has 1 aliphatic heterocycles. The minimum absolute atomic E-state index is 0.127. The minimum atomic E-state index is -0.912. The highest BCUT2D eigenvalue weighted by Crippen LogP contribution is 2.39. The first-order valence-corrected chi connectivity index (χ1v) is 18.6. The monoisotopic (exact) mass is 770 g/mol. The molecule has 0 fully saturated rings. The van der Waals surface area contributed by atoms with E-state index < -0.39 is 18.0 Å². The lowest BCUT2D eigenvalue weighted by Crippen LogP contribution is -2.40. The molecule has 13 heteroatoms. The number of rotatable bonds is 14. The van der Waals surface area contributed by atoms with E-state index in [0.717, 1.165) is 16.3 Å². The van der Waals surface area contributed by atoms with Gasteiger partial charge in [0.15, 0.2) is 34.4 Å². The summed E-state index contributed by atoms with van der Waals surface area (Å²) in [5, 5.41) is 2.56. The number of nitrogens with zero attached hydrogens (tertiary/aromatic N) is 2. The highest BCUT2D eigenvalue weighted by molar-refractivity contribution is 7.07. The summed E-state index contributed by atoms with van der Waals surface area (Å²) in [6.45, 7) is 7.81. The van der Waals surface area contributed by atoms with Crippen LogP contribution in [0.25, 0.3) is 16.8 Å². The second kappa shape index (κ2) is 17.0. The third-order valence-corrected chi connectivity index (χ3v) is 9.76. The Balaban J connectivity index is 1.40. The lowest BCUT2D eigenvalue weighted by molar-refractivity contribution is -0.143. The van der Waals surface area contributed by atoms with E-state index in [1.165, 1.54) is 23.0 Å². The van der Waals surface area contributed by atoms with Crippen molar-refractivity contribution in [2.45, 2.75) is 40.3 Å². The van der Waals surface area contributed by atoms with Crippen LogP contribution in [0.1, 0.15) is 50.4 Å². The van der Waals surface area contributed by atoms with Gasteiger partial charge in [0, 0.05) is 0 Å². The van der Waals surface area contributed by atoms with Crippen LogP contribution in [0.5, 0.6) is 23.0 Å². The lowest BCUT2D eigenvalue weighted by atomic mass is 9.95. The summed E-state index contributed by atoms with van der Waals surface area (Å²) in [6, 6.07) is 21.8. The molecule has 0 aliphatic carbocycles. The third kappa shape index (κ3) is 8.14. The van der Waals surface area contributed by atoms with Gasteiger partial charge in [-0.3, -0.25) is 9.36 Å². The van der Waals surface area contributed by atoms with Gasteiger partial charge in [0.25, 0.3) is 5.56 Å². The van der Waals surface area contributed by atoms with Crippen molar-refractivity contribution in [1.29, 1.82) is 0 Å². The fraction of sp³-hybridized carbons (Fsp3) is 0.268. The van der Waals surface area contributed by atoms with Crippen molar-refractivity contribution in [3.05, 3.63) is 125 Å². The number of halogens is 1. The number of aromatic nitrogens is 1. The number of esters is 2. The average Bonchev–Trinajstić information content (AvgIpc) is 3.46. The number of methoxy groups -OCH3 is 1. The Labute approximate surface area is 320 Å². The molecule has 1 atom stereocenters. The predicted molar refractivity (Wildman–Crippen MR) is 206 cm³/mol. The van der Waals surface area contributed by atoms with Crippen molar-refractivity contribution in [2.24, 2.45) is 4.99 Å². The smallest absolute Gasteiger partial charge is 0.343 e. The van der Waals surface area contributed by atoms with Gasteiger partial charge in [-0.1, -0.05) is 65.4 Å². The molecule has 0 saturated heterocycles. The van der Waals surface area contributed by atoms with Crippen molar-refractivity contribution in [3.8, 4) is 23.0 Å². The molecule has 54 heavy (non-hydrogen) atoms.